The van der Waals surface area contributed by atoms with Crippen molar-refractivity contribution >= 4 is 17.3 Å². The average Bonchev–Trinajstić information content (AvgIpc) is 3.20. The number of halogens is 1. The fourth-order valence-electron chi connectivity index (χ4n) is 3.42. The van der Waals surface area contributed by atoms with Gasteiger partial charge in [0.2, 0.25) is 0 Å². The molecule has 1 aromatic heterocycles. The second-order valence-corrected chi connectivity index (χ2v) is 7.26. The number of anilines is 1. The van der Waals surface area contributed by atoms with E-state index in [1.165, 1.54) is 22.9 Å². The number of hydrogen-bond donors (Lipinski definition) is 2. The van der Waals surface area contributed by atoms with Gasteiger partial charge in [-0.05, 0) is 54.4 Å². The summed E-state index contributed by atoms with van der Waals surface area (Å²) in [7, 11) is 0. The van der Waals surface area contributed by atoms with Gasteiger partial charge in [0.05, 0.1) is 18.0 Å². The lowest BCUT2D eigenvalue weighted by atomic mass is 10.0. The number of rotatable bonds is 5. The number of hydrogen-bond acceptors (Lipinski definition) is 3. The normalized spacial score (nSPS) is 11.6. The zero-order chi connectivity index (χ0) is 22.7. The van der Waals surface area contributed by atoms with Crippen LogP contribution in [-0.2, 0) is 0 Å². The molecular formula is C25H19FN4O2. The Hall–Kier alpha value is -4.28. The Balaban J connectivity index is 1.64. The van der Waals surface area contributed by atoms with Crippen LogP contribution in [0.3, 0.4) is 0 Å². The van der Waals surface area contributed by atoms with Gasteiger partial charge >= 0.3 is 0 Å². The maximum atomic E-state index is 14.3. The molecule has 0 aliphatic rings. The molecule has 1 amide bonds. The Bertz CT molecular complexity index is 1330. The average molecular weight is 426 g/mol. The number of aliphatic hydroxyl groups is 1. The Morgan fingerprint density at radius 3 is 2.59 bits per heavy atom. The molecule has 1 heterocycles. The highest BCUT2D eigenvalue weighted by Crippen LogP contribution is 2.26. The SMILES string of the molecule is [C-]#[N+]c1cccc(-n2nc(C)cc2C(=O)Nc2cc(F)cc(C(O)c3ccccc3)c2)c1. The predicted molar refractivity (Wildman–Crippen MR) is 119 cm³/mol. The molecule has 0 aliphatic carbocycles. The molecule has 0 spiro atoms. The Morgan fingerprint density at radius 2 is 1.84 bits per heavy atom. The molecule has 0 saturated heterocycles. The van der Waals surface area contributed by atoms with Crippen molar-refractivity contribution in [2.75, 3.05) is 5.32 Å². The van der Waals surface area contributed by atoms with E-state index < -0.39 is 17.8 Å². The number of nitrogens with one attached hydrogen (secondary N) is 1. The molecule has 4 rings (SSSR count). The molecule has 0 bridgehead atoms. The molecule has 6 nitrogen and oxygen atoms in total. The van der Waals surface area contributed by atoms with Gasteiger partial charge < -0.3 is 10.4 Å². The van der Waals surface area contributed by atoms with Crippen LogP contribution in [0, 0.1) is 19.3 Å². The van der Waals surface area contributed by atoms with Crippen molar-refractivity contribution in [2.45, 2.75) is 13.0 Å². The third-order valence-electron chi connectivity index (χ3n) is 4.88. The Labute approximate surface area is 184 Å². The van der Waals surface area contributed by atoms with Crippen LogP contribution in [0.15, 0.2) is 78.9 Å². The Kier molecular flexibility index (Phi) is 5.79. The van der Waals surface area contributed by atoms with E-state index in [0.717, 1.165) is 0 Å². The van der Waals surface area contributed by atoms with Gasteiger partial charge in [0, 0.05) is 5.69 Å². The van der Waals surface area contributed by atoms with E-state index in [1.54, 1.807) is 61.5 Å². The largest absolute Gasteiger partial charge is 0.384 e. The molecule has 0 radical (unpaired) electrons. The van der Waals surface area contributed by atoms with Gasteiger partial charge in [-0.15, -0.1) is 0 Å². The molecule has 158 valence electrons. The lowest BCUT2D eigenvalue weighted by molar-refractivity contribution is 0.101. The first-order chi connectivity index (χ1) is 15.4. The molecule has 4 aromatic rings. The van der Waals surface area contributed by atoms with Gasteiger partial charge in [-0.1, -0.05) is 42.5 Å². The highest BCUT2D eigenvalue weighted by Gasteiger charge is 2.18. The standard InChI is InChI=1S/C25H19FN4O2/c1-16-11-23(30(29-16)22-10-6-9-20(15-22)27-2)25(32)28-21-13-18(12-19(26)14-21)24(31)17-7-4-3-5-8-17/h3-15,24,31H,1H3,(H,28,32). The molecule has 3 aromatic carbocycles. The zero-order valence-electron chi connectivity index (χ0n) is 17.2. The number of amides is 1. The fourth-order valence-corrected chi connectivity index (χ4v) is 3.42. The van der Waals surface area contributed by atoms with E-state index in [1.807, 2.05) is 6.07 Å². The van der Waals surface area contributed by atoms with Crippen molar-refractivity contribution in [3.8, 4) is 5.69 Å². The number of carbonyl (C=O) groups is 1. The molecule has 7 heteroatoms. The quantitative estimate of drug-likeness (QED) is 0.431. The summed E-state index contributed by atoms with van der Waals surface area (Å²) in [6.45, 7) is 8.94. The van der Waals surface area contributed by atoms with Crippen molar-refractivity contribution in [2.24, 2.45) is 0 Å². The third kappa shape index (κ3) is 4.41. The van der Waals surface area contributed by atoms with Crippen LogP contribution < -0.4 is 5.32 Å². The minimum atomic E-state index is -1.04. The van der Waals surface area contributed by atoms with Crippen molar-refractivity contribution in [1.82, 2.24) is 9.78 Å². The molecule has 1 atom stereocenters. The maximum Gasteiger partial charge on any atom is 0.274 e. The van der Waals surface area contributed by atoms with Crippen LogP contribution in [0.25, 0.3) is 10.5 Å². The zero-order valence-corrected chi connectivity index (χ0v) is 17.2. The van der Waals surface area contributed by atoms with Crippen molar-refractivity contribution in [3.63, 3.8) is 0 Å². The Morgan fingerprint density at radius 1 is 1.06 bits per heavy atom. The van der Waals surface area contributed by atoms with Crippen molar-refractivity contribution in [3.05, 3.63) is 119 Å². The molecular weight excluding hydrogens is 407 g/mol. The second kappa shape index (κ2) is 8.84. The summed E-state index contributed by atoms with van der Waals surface area (Å²) in [4.78, 5) is 16.4. The van der Waals surface area contributed by atoms with Gasteiger partial charge in [-0.3, -0.25) is 4.79 Å². The first kappa shape index (κ1) is 21.0. The minimum absolute atomic E-state index is 0.209. The van der Waals surface area contributed by atoms with Gasteiger partial charge in [0.25, 0.3) is 5.91 Å². The van der Waals surface area contributed by atoms with Gasteiger partial charge in [0.1, 0.15) is 17.6 Å². The van der Waals surface area contributed by atoms with E-state index in [4.69, 9.17) is 6.57 Å². The summed E-state index contributed by atoms with van der Waals surface area (Å²) in [5, 5.41) is 17.7. The summed E-state index contributed by atoms with van der Waals surface area (Å²) in [5.74, 6) is -1.08. The summed E-state index contributed by atoms with van der Waals surface area (Å²) in [5.41, 5.74) is 2.98. The van der Waals surface area contributed by atoms with E-state index in [9.17, 15) is 14.3 Å². The van der Waals surface area contributed by atoms with E-state index in [2.05, 4.69) is 15.3 Å². The maximum absolute atomic E-state index is 14.3. The molecule has 0 aliphatic heterocycles. The molecule has 1 unspecified atom stereocenters. The first-order valence-electron chi connectivity index (χ1n) is 9.84. The number of aryl methyl sites for hydroxylation is 1. The lowest BCUT2D eigenvalue weighted by Gasteiger charge is -2.14. The van der Waals surface area contributed by atoms with Crippen LogP contribution in [0.4, 0.5) is 15.8 Å². The highest BCUT2D eigenvalue weighted by molar-refractivity contribution is 6.03. The smallest absolute Gasteiger partial charge is 0.274 e. The summed E-state index contributed by atoms with van der Waals surface area (Å²) in [6, 6.07) is 21.2. The van der Waals surface area contributed by atoms with Gasteiger partial charge in [-0.25, -0.2) is 13.9 Å². The first-order valence-corrected chi connectivity index (χ1v) is 9.84. The van der Waals surface area contributed by atoms with Crippen LogP contribution in [0.5, 0.6) is 0 Å². The van der Waals surface area contributed by atoms with E-state index in [-0.39, 0.29) is 11.4 Å². The van der Waals surface area contributed by atoms with E-state index >= 15 is 0 Å². The number of carbonyl (C=O) groups excluding carboxylic acids is 1. The summed E-state index contributed by atoms with van der Waals surface area (Å²) in [6.07, 6.45) is -1.04. The minimum Gasteiger partial charge on any atom is -0.384 e. The van der Waals surface area contributed by atoms with Crippen LogP contribution in [0.1, 0.15) is 33.4 Å². The number of aromatic nitrogens is 2. The monoisotopic (exact) mass is 426 g/mol. The fraction of sp³-hybridized carbons (Fsp3) is 0.0800. The van der Waals surface area contributed by atoms with Gasteiger partial charge in [-0.2, -0.15) is 5.10 Å². The number of aliphatic hydroxyl groups excluding tert-OH is 1. The molecule has 0 fully saturated rings. The topological polar surface area (TPSA) is 71.5 Å². The summed E-state index contributed by atoms with van der Waals surface area (Å²) >= 11 is 0. The molecule has 2 N–H and O–H groups in total. The highest BCUT2D eigenvalue weighted by atomic mass is 19.1. The van der Waals surface area contributed by atoms with Crippen LogP contribution >= 0.6 is 0 Å². The number of benzene rings is 3. The number of nitrogens with zero attached hydrogens (tertiary/aromatic N) is 3. The molecule has 0 saturated carbocycles. The predicted octanol–water partition coefficient (Wildman–Crippen LogP) is 5.20. The van der Waals surface area contributed by atoms with Crippen LogP contribution in [0.2, 0.25) is 0 Å². The molecule has 32 heavy (non-hydrogen) atoms. The summed E-state index contributed by atoms with van der Waals surface area (Å²) < 4.78 is 15.7. The van der Waals surface area contributed by atoms with E-state index in [0.29, 0.717) is 28.2 Å². The third-order valence-corrected chi connectivity index (χ3v) is 4.88. The van der Waals surface area contributed by atoms with Crippen molar-refractivity contribution in [1.29, 1.82) is 0 Å². The van der Waals surface area contributed by atoms with Crippen molar-refractivity contribution < 1.29 is 14.3 Å². The second-order valence-electron chi connectivity index (χ2n) is 7.26. The lowest BCUT2D eigenvalue weighted by Crippen LogP contribution is -2.17. The van der Waals surface area contributed by atoms with Gasteiger partial charge in [0.15, 0.2) is 5.69 Å². The van der Waals surface area contributed by atoms with Crippen LogP contribution in [-0.4, -0.2) is 20.8 Å².